The molecule has 3 unspecified atom stereocenters. The molecule has 3 N–H and O–H groups in total. The maximum Gasteiger partial charge on any atom is 0.250 e. The molecule has 224 valence electrons. The van der Waals surface area contributed by atoms with Crippen molar-refractivity contribution in [2.24, 2.45) is 17.8 Å². The second-order valence-corrected chi connectivity index (χ2v) is 12.6. The fourth-order valence-electron chi connectivity index (χ4n) is 7.72. The molecule has 0 radical (unpaired) electrons. The number of nitrogens with zero attached hydrogens (tertiary/aromatic N) is 1. The Labute approximate surface area is 252 Å². The zero-order valence-electron chi connectivity index (χ0n) is 25.0. The number of anilines is 2. The largest absolute Gasteiger partial charge is 0.394 e. The van der Waals surface area contributed by atoms with Gasteiger partial charge in [0, 0.05) is 11.4 Å². The minimum Gasteiger partial charge on any atom is -0.394 e. The smallest absolute Gasteiger partial charge is 0.250 e. The van der Waals surface area contributed by atoms with E-state index in [-0.39, 0.29) is 30.2 Å². The van der Waals surface area contributed by atoms with Gasteiger partial charge in [-0.2, -0.15) is 0 Å². The number of fused-ring (bicyclic) bond motifs is 1. The summed E-state index contributed by atoms with van der Waals surface area (Å²) in [7, 11) is 0. The minimum atomic E-state index is -1.23. The van der Waals surface area contributed by atoms with E-state index in [4.69, 9.17) is 4.74 Å². The van der Waals surface area contributed by atoms with Gasteiger partial charge in [0.2, 0.25) is 17.7 Å². The molecule has 3 fully saturated rings. The molecule has 43 heavy (non-hydrogen) atoms. The van der Waals surface area contributed by atoms with Gasteiger partial charge in [0.15, 0.2) is 0 Å². The van der Waals surface area contributed by atoms with Gasteiger partial charge < -0.3 is 25.4 Å². The number of nitrogens with one attached hydrogen (secondary N) is 2. The van der Waals surface area contributed by atoms with Crippen LogP contribution in [-0.4, -0.2) is 57.6 Å². The van der Waals surface area contributed by atoms with Crippen molar-refractivity contribution in [3.8, 4) is 0 Å². The van der Waals surface area contributed by atoms with Crippen LogP contribution in [-0.2, 0) is 25.5 Å². The predicted molar refractivity (Wildman–Crippen MR) is 164 cm³/mol. The molecule has 6 rings (SSSR count). The number of aliphatic hydroxyl groups excluding tert-OH is 1. The molecule has 3 heterocycles. The lowest BCUT2D eigenvalue weighted by Crippen LogP contribution is -2.57. The van der Waals surface area contributed by atoms with Crippen LogP contribution in [0.25, 0.3) is 0 Å². The highest BCUT2D eigenvalue weighted by Crippen LogP contribution is 2.65. The Balaban J connectivity index is 1.43. The quantitative estimate of drug-likeness (QED) is 0.363. The van der Waals surface area contributed by atoms with Crippen LogP contribution in [0.15, 0.2) is 78.9 Å². The number of amides is 3. The molecule has 8 nitrogen and oxygen atoms in total. The minimum absolute atomic E-state index is 0.0965. The molecule has 3 aromatic rings. The van der Waals surface area contributed by atoms with Crippen molar-refractivity contribution in [3.63, 3.8) is 0 Å². The summed E-state index contributed by atoms with van der Waals surface area (Å²) in [5.41, 5.74) is 1.93. The van der Waals surface area contributed by atoms with E-state index in [9.17, 15) is 19.5 Å². The van der Waals surface area contributed by atoms with Gasteiger partial charge in [-0.25, -0.2) is 0 Å². The van der Waals surface area contributed by atoms with E-state index in [0.29, 0.717) is 24.2 Å². The third-order valence-corrected chi connectivity index (χ3v) is 9.89. The van der Waals surface area contributed by atoms with Crippen molar-refractivity contribution in [2.45, 2.75) is 63.8 Å². The van der Waals surface area contributed by atoms with Gasteiger partial charge in [-0.1, -0.05) is 67.6 Å². The van der Waals surface area contributed by atoms with Crippen LogP contribution >= 0.6 is 0 Å². The highest BCUT2D eigenvalue weighted by atomic mass is 16.5. The number of hydrogen-bond donors (Lipinski definition) is 3. The number of para-hydroxylation sites is 1. The van der Waals surface area contributed by atoms with E-state index >= 15 is 0 Å². The molecule has 0 aliphatic carbocycles. The molecule has 7 atom stereocenters. The van der Waals surface area contributed by atoms with Gasteiger partial charge in [-0.15, -0.1) is 0 Å². The topological polar surface area (TPSA) is 108 Å². The zero-order valence-corrected chi connectivity index (χ0v) is 25.0. The summed E-state index contributed by atoms with van der Waals surface area (Å²) >= 11 is 0. The summed E-state index contributed by atoms with van der Waals surface area (Å²) in [6.07, 6.45) is 0.798. The second-order valence-electron chi connectivity index (χ2n) is 12.6. The molecule has 2 bridgehead atoms. The second kappa shape index (κ2) is 10.9. The van der Waals surface area contributed by atoms with Gasteiger partial charge >= 0.3 is 0 Å². The van der Waals surface area contributed by atoms with Crippen LogP contribution in [0, 0.1) is 31.6 Å². The van der Waals surface area contributed by atoms with Crippen molar-refractivity contribution in [2.75, 3.05) is 17.2 Å². The van der Waals surface area contributed by atoms with E-state index < -0.39 is 35.1 Å². The maximum atomic E-state index is 14.6. The lowest BCUT2D eigenvalue weighted by atomic mass is 9.62. The maximum absolute atomic E-state index is 14.6. The normalized spacial score (nSPS) is 29.8. The average molecular weight is 582 g/mol. The number of ether oxygens (including phenoxy) is 1. The Morgan fingerprint density at radius 2 is 1.67 bits per heavy atom. The van der Waals surface area contributed by atoms with Crippen LogP contribution in [0.2, 0.25) is 0 Å². The van der Waals surface area contributed by atoms with E-state index in [1.807, 2.05) is 94.4 Å². The summed E-state index contributed by atoms with van der Waals surface area (Å²) in [5.74, 6) is -2.81. The monoisotopic (exact) mass is 581 g/mol. The molecule has 0 saturated carbocycles. The number of carbonyl (C=O) groups excluding carboxylic acids is 3. The number of likely N-dealkylation sites (tertiary alicyclic amines) is 1. The predicted octanol–water partition coefficient (Wildman–Crippen LogP) is 4.49. The molecule has 3 aliphatic heterocycles. The van der Waals surface area contributed by atoms with Crippen molar-refractivity contribution in [3.05, 3.63) is 95.6 Å². The van der Waals surface area contributed by atoms with Gasteiger partial charge in [-0.3, -0.25) is 14.4 Å². The molecule has 8 heteroatoms. The highest BCUT2D eigenvalue weighted by molar-refractivity contribution is 6.05. The molecule has 3 aliphatic rings. The Morgan fingerprint density at radius 1 is 1.00 bits per heavy atom. The first kappa shape index (κ1) is 29.1. The Bertz CT molecular complexity index is 1550. The van der Waals surface area contributed by atoms with Crippen molar-refractivity contribution < 1.29 is 24.2 Å². The summed E-state index contributed by atoms with van der Waals surface area (Å²) in [6, 6.07) is 22.9. The molecule has 3 amide bonds. The fourth-order valence-corrected chi connectivity index (χ4v) is 7.72. The first-order valence-electron chi connectivity index (χ1n) is 15.0. The standard InChI is InChI=1S/C35H39N3O5/c1-21-15-16-22(2)27(17-21)37-32(41)30-35-19-23(3)34(4,43-35)28(31(40)36-25-13-9-6-10-14-25)29(35)33(42)38(30)26(20-39)18-24-11-7-5-8-12-24/h5-17,23,26,28-30,39H,18-20H2,1-4H3,(H,36,40)(H,37,41)/t23?,26-,28+,29+,30?,34-,35?/m1/s1. The van der Waals surface area contributed by atoms with E-state index in [2.05, 4.69) is 10.6 Å². The van der Waals surface area contributed by atoms with Crippen molar-refractivity contribution in [1.82, 2.24) is 4.90 Å². The number of benzene rings is 3. The highest BCUT2D eigenvalue weighted by Gasteiger charge is 2.80. The zero-order chi connectivity index (χ0) is 30.5. The first-order valence-corrected chi connectivity index (χ1v) is 15.0. The number of carbonyl (C=O) groups is 3. The lowest BCUT2D eigenvalue weighted by Gasteiger charge is -2.37. The molecule has 0 aromatic heterocycles. The average Bonchev–Trinajstić information content (AvgIpc) is 3.51. The summed E-state index contributed by atoms with van der Waals surface area (Å²) in [4.78, 5) is 44.6. The molecular formula is C35H39N3O5. The Kier molecular flexibility index (Phi) is 7.39. The number of aliphatic hydroxyl groups is 1. The van der Waals surface area contributed by atoms with Crippen LogP contribution in [0.3, 0.4) is 0 Å². The van der Waals surface area contributed by atoms with Crippen LogP contribution in [0.4, 0.5) is 11.4 Å². The summed E-state index contributed by atoms with van der Waals surface area (Å²) in [5, 5.41) is 16.8. The van der Waals surface area contributed by atoms with Gasteiger partial charge in [0.1, 0.15) is 11.6 Å². The third kappa shape index (κ3) is 4.73. The van der Waals surface area contributed by atoms with Crippen molar-refractivity contribution >= 4 is 29.1 Å². The van der Waals surface area contributed by atoms with E-state index in [1.54, 1.807) is 12.1 Å². The SMILES string of the molecule is Cc1ccc(C)c(NC(=O)C2N([C@@H](CO)Cc3ccccc3)C(=O)[C@@H]3[C@@H](C(=O)Nc4ccccc4)[C@]4(C)OC23CC4C)c1. The number of aryl methyl sites for hydroxylation is 2. The summed E-state index contributed by atoms with van der Waals surface area (Å²) in [6.45, 7) is 7.45. The van der Waals surface area contributed by atoms with Crippen molar-refractivity contribution in [1.29, 1.82) is 0 Å². The van der Waals surface area contributed by atoms with Crippen LogP contribution in [0.1, 0.15) is 37.0 Å². The molecular weight excluding hydrogens is 542 g/mol. The molecule has 3 aromatic carbocycles. The fraction of sp³-hybridized carbons (Fsp3) is 0.400. The Hall–Kier alpha value is -4.01. The van der Waals surface area contributed by atoms with Gasteiger partial charge in [0.25, 0.3) is 0 Å². The first-order chi connectivity index (χ1) is 20.6. The Morgan fingerprint density at radius 3 is 2.35 bits per heavy atom. The lowest BCUT2D eigenvalue weighted by molar-refractivity contribution is -0.147. The molecule has 1 spiro atoms. The van der Waals surface area contributed by atoms with E-state index in [0.717, 1.165) is 16.7 Å². The van der Waals surface area contributed by atoms with Crippen LogP contribution in [0.5, 0.6) is 0 Å². The molecule has 3 saturated heterocycles. The summed E-state index contributed by atoms with van der Waals surface area (Å²) < 4.78 is 6.86. The van der Waals surface area contributed by atoms with Gasteiger partial charge in [0.05, 0.1) is 30.1 Å². The third-order valence-electron chi connectivity index (χ3n) is 9.89. The number of rotatable bonds is 8. The van der Waals surface area contributed by atoms with E-state index in [1.165, 1.54) is 4.90 Å². The number of hydrogen-bond acceptors (Lipinski definition) is 5. The van der Waals surface area contributed by atoms with Gasteiger partial charge in [-0.05, 0) is 74.4 Å². The van der Waals surface area contributed by atoms with Crippen LogP contribution < -0.4 is 10.6 Å².